The summed E-state index contributed by atoms with van der Waals surface area (Å²) in [6, 6.07) is 14.1. The predicted molar refractivity (Wildman–Crippen MR) is 130 cm³/mol. The van der Waals surface area contributed by atoms with Crippen LogP contribution >= 0.6 is 0 Å². The zero-order chi connectivity index (χ0) is 24.0. The molecule has 2 aliphatic rings. The minimum atomic E-state index is -0.391. The highest BCUT2D eigenvalue weighted by molar-refractivity contribution is 5.94. The largest absolute Gasteiger partial charge is 0.493 e. The molecule has 6 heteroatoms. The molecule has 1 fully saturated rings. The summed E-state index contributed by atoms with van der Waals surface area (Å²) >= 11 is 0. The second-order valence-corrected chi connectivity index (χ2v) is 9.82. The number of aryl methyl sites for hydroxylation is 1. The van der Waals surface area contributed by atoms with Gasteiger partial charge in [0.1, 0.15) is 11.6 Å². The smallest absolute Gasteiger partial charge is 0.253 e. The number of nitrogens with zero attached hydrogens (tertiary/aromatic N) is 2. The average Bonchev–Trinajstić information content (AvgIpc) is 2.84. The number of benzene rings is 2. The lowest BCUT2D eigenvalue weighted by atomic mass is 9.73. The highest BCUT2D eigenvalue weighted by Gasteiger charge is 2.37. The van der Waals surface area contributed by atoms with E-state index in [0.717, 1.165) is 44.3 Å². The number of fused-ring (bicyclic) bond motifs is 1. The van der Waals surface area contributed by atoms with Crippen molar-refractivity contribution in [1.82, 2.24) is 9.80 Å². The number of likely N-dealkylation sites (tertiary alicyclic amines) is 1. The lowest BCUT2D eigenvalue weighted by Crippen LogP contribution is -2.48. The number of ether oxygens (including phenoxy) is 1. The molecule has 2 aliphatic heterocycles. The molecule has 34 heavy (non-hydrogen) atoms. The quantitative estimate of drug-likeness (QED) is 0.588. The summed E-state index contributed by atoms with van der Waals surface area (Å²) in [5.41, 5.74) is 1.63. The van der Waals surface area contributed by atoms with Gasteiger partial charge in [-0.15, -0.1) is 0 Å². The number of carbonyl (C=O) groups excluding carboxylic acids is 2. The summed E-state index contributed by atoms with van der Waals surface area (Å²) in [6.45, 7) is 2.52. The zero-order valence-electron chi connectivity index (χ0n) is 20.1. The number of rotatable bonds is 1. The second kappa shape index (κ2) is 11.0. The van der Waals surface area contributed by atoms with Crippen LogP contribution in [-0.2, 0) is 11.2 Å². The maximum Gasteiger partial charge on any atom is 0.253 e. The maximum atomic E-state index is 13.6. The van der Waals surface area contributed by atoms with E-state index in [4.69, 9.17) is 4.74 Å². The van der Waals surface area contributed by atoms with Crippen LogP contribution in [0.2, 0.25) is 0 Å². The first-order valence-electron chi connectivity index (χ1n) is 12.5. The maximum absolute atomic E-state index is 13.6. The van der Waals surface area contributed by atoms with Crippen LogP contribution < -0.4 is 4.74 Å². The summed E-state index contributed by atoms with van der Waals surface area (Å²) in [5.74, 6) is 0.569. The van der Waals surface area contributed by atoms with Crippen molar-refractivity contribution < 1.29 is 18.7 Å². The van der Waals surface area contributed by atoms with Gasteiger partial charge >= 0.3 is 0 Å². The molecule has 0 aliphatic carbocycles. The molecule has 5 nitrogen and oxygen atoms in total. The first-order valence-corrected chi connectivity index (χ1v) is 12.5. The van der Waals surface area contributed by atoms with Gasteiger partial charge in [0.05, 0.1) is 6.61 Å². The van der Waals surface area contributed by atoms with E-state index in [2.05, 4.69) is 12.1 Å². The molecule has 0 bridgehead atoms. The van der Waals surface area contributed by atoms with Gasteiger partial charge in [-0.05, 0) is 73.8 Å². The van der Waals surface area contributed by atoms with Crippen LogP contribution in [-0.4, -0.2) is 54.9 Å². The van der Waals surface area contributed by atoms with Gasteiger partial charge < -0.3 is 14.5 Å². The number of hydrogen-bond donors (Lipinski definition) is 0. The number of carbonyl (C=O) groups is 2. The molecule has 2 amide bonds. The second-order valence-electron chi connectivity index (χ2n) is 9.82. The topological polar surface area (TPSA) is 49.9 Å². The molecule has 0 radical (unpaired) electrons. The van der Waals surface area contributed by atoms with Crippen LogP contribution in [0.1, 0.15) is 60.9 Å². The third-order valence-electron chi connectivity index (χ3n) is 7.35. The fourth-order valence-electron chi connectivity index (χ4n) is 5.33. The Morgan fingerprint density at radius 3 is 2.56 bits per heavy atom. The lowest BCUT2D eigenvalue weighted by Gasteiger charge is -2.44. The highest BCUT2D eigenvalue weighted by atomic mass is 19.1. The Morgan fingerprint density at radius 1 is 0.971 bits per heavy atom. The summed E-state index contributed by atoms with van der Waals surface area (Å²) in [5, 5.41) is 0. The van der Waals surface area contributed by atoms with Crippen LogP contribution in [0.4, 0.5) is 4.39 Å². The molecule has 2 heterocycles. The first kappa shape index (κ1) is 24.2. The number of amides is 2. The molecule has 2 aromatic carbocycles. The molecular formula is C28H35FN2O3. The Labute approximate surface area is 201 Å². The van der Waals surface area contributed by atoms with Gasteiger partial charge in [0.25, 0.3) is 5.91 Å². The summed E-state index contributed by atoms with van der Waals surface area (Å²) in [4.78, 5) is 29.4. The minimum absolute atomic E-state index is 0.00324. The van der Waals surface area contributed by atoms with Crippen molar-refractivity contribution in [2.45, 2.75) is 51.4 Å². The van der Waals surface area contributed by atoms with Gasteiger partial charge in [0.15, 0.2) is 0 Å². The van der Waals surface area contributed by atoms with Gasteiger partial charge in [0.2, 0.25) is 5.91 Å². The lowest BCUT2D eigenvalue weighted by molar-refractivity contribution is -0.132. The molecule has 1 spiro atoms. The molecule has 0 N–H and O–H groups in total. The Kier molecular flexibility index (Phi) is 7.86. The van der Waals surface area contributed by atoms with E-state index in [1.165, 1.54) is 17.7 Å². The van der Waals surface area contributed by atoms with Crippen molar-refractivity contribution in [3.8, 4) is 5.75 Å². The van der Waals surface area contributed by atoms with Crippen LogP contribution in [0.25, 0.3) is 0 Å². The number of para-hydroxylation sites is 1. The van der Waals surface area contributed by atoms with E-state index in [1.807, 2.05) is 29.0 Å². The number of piperidine rings is 1. The predicted octanol–water partition coefficient (Wildman–Crippen LogP) is 5.09. The van der Waals surface area contributed by atoms with Gasteiger partial charge in [-0.2, -0.15) is 0 Å². The van der Waals surface area contributed by atoms with Crippen molar-refractivity contribution in [1.29, 1.82) is 0 Å². The molecule has 0 atom stereocenters. The van der Waals surface area contributed by atoms with E-state index in [9.17, 15) is 14.0 Å². The number of halogens is 1. The van der Waals surface area contributed by atoms with Crippen LogP contribution in [0.3, 0.4) is 0 Å². The molecule has 0 unspecified atom stereocenters. The van der Waals surface area contributed by atoms with E-state index in [1.54, 1.807) is 12.1 Å². The third-order valence-corrected chi connectivity index (χ3v) is 7.35. The Bertz CT molecular complexity index is 1000. The molecule has 182 valence electrons. The Hall–Kier alpha value is -2.89. The standard InChI is InChI=1S/C28H35FN2O3/c1-30-21-28(15-17-31(18-16-28)27(33)23-10-6-11-24(29)20-23)14-5-4-9-22-8-2-3-12-25(22)34-19-7-13-26(30)32/h2-3,6,8,10-12,20H,4-5,7,9,13-19,21H2,1H3. The fourth-order valence-corrected chi connectivity index (χ4v) is 5.33. The van der Waals surface area contributed by atoms with Crippen molar-refractivity contribution >= 4 is 11.8 Å². The van der Waals surface area contributed by atoms with Gasteiger partial charge in [0, 0.05) is 38.7 Å². The van der Waals surface area contributed by atoms with Crippen LogP contribution in [0.15, 0.2) is 48.5 Å². The van der Waals surface area contributed by atoms with Crippen molar-refractivity contribution in [2.75, 3.05) is 33.3 Å². The fraction of sp³-hybridized carbons (Fsp3) is 0.500. The minimum Gasteiger partial charge on any atom is -0.493 e. The average molecular weight is 467 g/mol. The van der Waals surface area contributed by atoms with Crippen LogP contribution in [0.5, 0.6) is 5.75 Å². The van der Waals surface area contributed by atoms with Gasteiger partial charge in [-0.25, -0.2) is 4.39 Å². The first-order chi connectivity index (χ1) is 16.5. The molecule has 0 saturated carbocycles. The Morgan fingerprint density at radius 2 is 1.76 bits per heavy atom. The van der Waals surface area contributed by atoms with Gasteiger partial charge in [-0.1, -0.05) is 30.7 Å². The number of hydrogen-bond acceptors (Lipinski definition) is 3. The van der Waals surface area contributed by atoms with E-state index < -0.39 is 5.82 Å². The summed E-state index contributed by atoms with van der Waals surface area (Å²) in [6.07, 6.45) is 7.00. The van der Waals surface area contributed by atoms with E-state index >= 15 is 0 Å². The molecule has 1 saturated heterocycles. The van der Waals surface area contributed by atoms with E-state index in [-0.39, 0.29) is 17.2 Å². The monoisotopic (exact) mass is 466 g/mol. The summed E-state index contributed by atoms with van der Waals surface area (Å²) in [7, 11) is 1.90. The van der Waals surface area contributed by atoms with Gasteiger partial charge in [-0.3, -0.25) is 9.59 Å². The SMILES string of the molecule is CN1CC2(CCCCc3ccccc3OCCCC1=O)CCN(C(=O)c1cccc(F)c1)CC2. The molecule has 2 aromatic rings. The summed E-state index contributed by atoms with van der Waals surface area (Å²) < 4.78 is 19.6. The van der Waals surface area contributed by atoms with Crippen LogP contribution in [0, 0.1) is 11.2 Å². The van der Waals surface area contributed by atoms with Crippen molar-refractivity contribution in [3.05, 3.63) is 65.5 Å². The van der Waals surface area contributed by atoms with Crippen molar-refractivity contribution in [2.24, 2.45) is 5.41 Å². The highest BCUT2D eigenvalue weighted by Crippen LogP contribution is 2.38. The van der Waals surface area contributed by atoms with E-state index in [0.29, 0.717) is 44.6 Å². The zero-order valence-corrected chi connectivity index (χ0v) is 20.1. The molecule has 0 aromatic heterocycles. The third kappa shape index (κ3) is 5.96. The molecule has 4 rings (SSSR count). The normalized spacial score (nSPS) is 19.8. The Balaban J connectivity index is 1.44. The van der Waals surface area contributed by atoms with Crippen molar-refractivity contribution in [3.63, 3.8) is 0 Å². The molecular weight excluding hydrogens is 431 g/mol.